The van der Waals surface area contributed by atoms with Crippen LogP contribution in [0.25, 0.3) is 0 Å². The van der Waals surface area contributed by atoms with Crippen LogP contribution in [0.2, 0.25) is 0 Å². The minimum absolute atomic E-state index is 0.169. The number of hydrogen-bond donors (Lipinski definition) is 3. The van der Waals surface area contributed by atoms with Crippen molar-refractivity contribution in [1.29, 1.82) is 0 Å². The van der Waals surface area contributed by atoms with Gasteiger partial charge in [-0.15, -0.1) is 0 Å². The largest absolute Gasteiger partial charge is 0.396 e. The summed E-state index contributed by atoms with van der Waals surface area (Å²) in [6.07, 6.45) is 1.56. The van der Waals surface area contributed by atoms with Crippen LogP contribution in [0.1, 0.15) is 20.8 Å². The van der Waals surface area contributed by atoms with Crippen LogP contribution in [-0.2, 0) is 7.05 Å². The molecule has 104 valence electrons. The molecule has 0 atom stereocenters. The molecule has 2 aromatic rings. The fourth-order valence-electron chi connectivity index (χ4n) is 1.72. The Kier molecular flexibility index (Phi) is 3.69. The summed E-state index contributed by atoms with van der Waals surface area (Å²) in [6, 6.07) is 6.52. The number of benzene rings is 1. The highest BCUT2D eigenvalue weighted by atomic mass is 16.2. The number of nitrogens with one attached hydrogen (secondary N) is 2. The minimum Gasteiger partial charge on any atom is -0.396 e. The predicted molar refractivity (Wildman–Crippen MR) is 75.4 cm³/mol. The minimum atomic E-state index is -0.393. The van der Waals surface area contributed by atoms with Crippen LogP contribution in [-0.4, -0.2) is 28.6 Å². The Morgan fingerprint density at radius 1 is 1.20 bits per heavy atom. The third kappa shape index (κ3) is 2.77. The summed E-state index contributed by atoms with van der Waals surface area (Å²) in [5, 5.41) is 9.17. The van der Waals surface area contributed by atoms with Crippen LogP contribution in [0, 0.1) is 0 Å². The van der Waals surface area contributed by atoms with Gasteiger partial charge in [-0.3, -0.25) is 14.3 Å². The van der Waals surface area contributed by atoms with Gasteiger partial charge >= 0.3 is 0 Å². The van der Waals surface area contributed by atoms with E-state index in [0.717, 1.165) is 0 Å². The monoisotopic (exact) mass is 273 g/mol. The van der Waals surface area contributed by atoms with Crippen molar-refractivity contribution in [1.82, 2.24) is 15.1 Å². The van der Waals surface area contributed by atoms with Crippen LogP contribution in [0.5, 0.6) is 0 Å². The average Bonchev–Trinajstić information content (AvgIpc) is 2.78. The fraction of sp³-hybridized carbons (Fsp3) is 0.154. The number of anilines is 2. The Balaban J connectivity index is 2.12. The molecule has 0 fully saturated rings. The van der Waals surface area contributed by atoms with Crippen LogP contribution in [0.4, 0.5) is 11.4 Å². The molecule has 1 heterocycles. The maximum absolute atomic E-state index is 12.0. The third-order valence-corrected chi connectivity index (χ3v) is 2.70. The molecule has 0 saturated heterocycles. The van der Waals surface area contributed by atoms with Gasteiger partial charge in [0.1, 0.15) is 0 Å². The van der Waals surface area contributed by atoms with Crippen molar-refractivity contribution in [2.24, 2.45) is 7.05 Å². The van der Waals surface area contributed by atoms with Crippen LogP contribution >= 0.6 is 0 Å². The van der Waals surface area contributed by atoms with Crippen molar-refractivity contribution < 1.29 is 9.59 Å². The molecular formula is C13H15N5O2. The number of nitrogens with two attached hydrogens (primary N) is 1. The smallest absolute Gasteiger partial charge is 0.278 e. The average molecular weight is 273 g/mol. The second-order valence-electron chi connectivity index (χ2n) is 4.22. The zero-order chi connectivity index (χ0) is 14.7. The van der Waals surface area contributed by atoms with E-state index >= 15 is 0 Å². The van der Waals surface area contributed by atoms with Gasteiger partial charge in [0.2, 0.25) is 0 Å². The topological polar surface area (TPSA) is 102 Å². The van der Waals surface area contributed by atoms with Crippen molar-refractivity contribution in [3.63, 3.8) is 0 Å². The molecule has 2 amide bonds. The van der Waals surface area contributed by atoms with Crippen molar-refractivity contribution in [2.75, 3.05) is 18.1 Å². The van der Waals surface area contributed by atoms with E-state index in [-0.39, 0.29) is 11.6 Å². The number of amides is 2. The van der Waals surface area contributed by atoms with E-state index in [9.17, 15) is 9.59 Å². The molecule has 0 radical (unpaired) electrons. The SMILES string of the molecule is CNC(=O)c1ccc(NC(=O)c2nn(C)cc2N)cc1. The summed E-state index contributed by atoms with van der Waals surface area (Å²) < 4.78 is 1.47. The number of nitrogen functional groups attached to an aromatic ring is 1. The molecule has 20 heavy (non-hydrogen) atoms. The fourth-order valence-corrected chi connectivity index (χ4v) is 1.72. The van der Waals surface area contributed by atoms with Crippen molar-refractivity contribution in [2.45, 2.75) is 0 Å². The Morgan fingerprint density at radius 3 is 2.35 bits per heavy atom. The highest BCUT2D eigenvalue weighted by molar-refractivity contribution is 6.06. The molecular weight excluding hydrogens is 258 g/mol. The summed E-state index contributed by atoms with van der Waals surface area (Å²) >= 11 is 0. The molecule has 0 aliphatic rings. The highest BCUT2D eigenvalue weighted by Crippen LogP contribution is 2.13. The van der Waals surface area contributed by atoms with Gasteiger partial charge in [0.05, 0.1) is 5.69 Å². The molecule has 1 aromatic carbocycles. The summed E-state index contributed by atoms with van der Waals surface area (Å²) in [5.41, 5.74) is 7.24. The van der Waals surface area contributed by atoms with Crippen LogP contribution in [0.3, 0.4) is 0 Å². The van der Waals surface area contributed by atoms with Crippen LogP contribution in [0.15, 0.2) is 30.5 Å². The van der Waals surface area contributed by atoms with Gasteiger partial charge in [-0.2, -0.15) is 5.10 Å². The first kappa shape index (κ1) is 13.6. The zero-order valence-electron chi connectivity index (χ0n) is 11.2. The molecule has 4 N–H and O–H groups in total. The Bertz CT molecular complexity index is 645. The lowest BCUT2D eigenvalue weighted by Gasteiger charge is -2.05. The lowest BCUT2D eigenvalue weighted by Crippen LogP contribution is -2.18. The maximum atomic E-state index is 12.0. The van der Waals surface area contributed by atoms with Crippen molar-refractivity contribution in [3.05, 3.63) is 41.7 Å². The quantitative estimate of drug-likeness (QED) is 0.762. The first-order valence-electron chi connectivity index (χ1n) is 5.94. The first-order valence-corrected chi connectivity index (χ1v) is 5.94. The van der Waals surface area contributed by atoms with Gasteiger partial charge in [-0.05, 0) is 24.3 Å². The summed E-state index contributed by atoms with van der Waals surface area (Å²) in [6.45, 7) is 0. The molecule has 7 heteroatoms. The lowest BCUT2D eigenvalue weighted by molar-refractivity contribution is 0.0962. The van der Waals surface area contributed by atoms with E-state index in [0.29, 0.717) is 16.9 Å². The van der Waals surface area contributed by atoms with Crippen molar-refractivity contribution in [3.8, 4) is 0 Å². The van der Waals surface area contributed by atoms with Gasteiger partial charge in [-0.25, -0.2) is 0 Å². The van der Waals surface area contributed by atoms with E-state index in [2.05, 4.69) is 15.7 Å². The second kappa shape index (κ2) is 5.43. The summed E-state index contributed by atoms with van der Waals surface area (Å²) in [5.74, 6) is -0.576. The van der Waals surface area contributed by atoms with Gasteiger partial charge in [-0.1, -0.05) is 0 Å². The highest BCUT2D eigenvalue weighted by Gasteiger charge is 2.14. The van der Waals surface area contributed by atoms with E-state index in [4.69, 9.17) is 5.73 Å². The molecule has 7 nitrogen and oxygen atoms in total. The number of rotatable bonds is 3. The Hall–Kier alpha value is -2.83. The number of carbonyl (C=O) groups is 2. The molecule has 0 aliphatic carbocycles. The molecule has 0 unspecified atom stereocenters. The zero-order valence-corrected chi connectivity index (χ0v) is 11.2. The number of aromatic nitrogens is 2. The number of aryl methyl sites for hydroxylation is 1. The van der Waals surface area contributed by atoms with E-state index in [1.165, 1.54) is 4.68 Å². The van der Waals surface area contributed by atoms with E-state index in [1.54, 1.807) is 44.6 Å². The molecule has 0 saturated carbocycles. The Morgan fingerprint density at radius 2 is 1.85 bits per heavy atom. The van der Waals surface area contributed by atoms with Gasteiger partial charge in [0.25, 0.3) is 11.8 Å². The van der Waals surface area contributed by atoms with Gasteiger partial charge in [0, 0.05) is 31.5 Å². The lowest BCUT2D eigenvalue weighted by atomic mass is 10.2. The van der Waals surface area contributed by atoms with Crippen LogP contribution < -0.4 is 16.4 Å². The normalized spacial score (nSPS) is 10.1. The first-order chi connectivity index (χ1) is 9.51. The molecule has 0 bridgehead atoms. The molecule has 2 rings (SSSR count). The predicted octanol–water partition coefficient (Wildman–Crippen LogP) is 0.614. The molecule has 0 spiro atoms. The summed E-state index contributed by atoms with van der Waals surface area (Å²) in [7, 11) is 3.24. The Labute approximate surface area is 115 Å². The van der Waals surface area contributed by atoms with Crippen molar-refractivity contribution >= 4 is 23.2 Å². The van der Waals surface area contributed by atoms with E-state index in [1.807, 2.05) is 0 Å². The number of hydrogen-bond acceptors (Lipinski definition) is 4. The van der Waals surface area contributed by atoms with E-state index < -0.39 is 5.91 Å². The number of carbonyl (C=O) groups excluding carboxylic acids is 2. The molecule has 0 aliphatic heterocycles. The second-order valence-corrected chi connectivity index (χ2v) is 4.22. The van der Waals surface area contributed by atoms with Gasteiger partial charge < -0.3 is 16.4 Å². The standard InChI is InChI=1S/C13H15N5O2/c1-15-12(19)8-3-5-9(6-4-8)16-13(20)11-10(14)7-18(2)17-11/h3-7H,14H2,1-2H3,(H,15,19)(H,16,20). The molecule has 1 aromatic heterocycles. The number of nitrogens with zero attached hydrogens (tertiary/aromatic N) is 2. The van der Waals surface area contributed by atoms with Gasteiger partial charge in [0.15, 0.2) is 5.69 Å². The summed E-state index contributed by atoms with van der Waals surface area (Å²) in [4.78, 5) is 23.4. The maximum Gasteiger partial charge on any atom is 0.278 e. The third-order valence-electron chi connectivity index (χ3n) is 2.70.